The number of nitrogens with one attached hydrogen (secondary N) is 1. The normalized spacial score (nSPS) is 10.5. The predicted molar refractivity (Wildman–Crippen MR) is 82.0 cm³/mol. The number of aryl methyl sites for hydroxylation is 1. The summed E-state index contributed by atoms with van der Waals surface area (Å²) in [7, 11) is 4.71. The van der Waals surface area contributed by atoms with Crippen LogP contribution in [0, 0.1) is 6.92 Å². The van der Waals surface area contributed by atoms with Gasteiger partial charge in [-0.3, -0.25) is 13.9 Å². The molecule has 0 spiro atoms. The van der Waals surface area contributed by atoms with E-state index in [0.29, 0.717) is 12.2 Å². The molecule has 0 aliphatic heterocycles. The van der Waals surface area contributed by atoms with Gasteiger partial charge in [-0.05, 0) is 24.6 Å². The van der Waals surface area contributed by atoms with Gasteiger partial charge in [0.05, 0.1) is 19.3 Å². The molecule has 2 aromatic rings. The Balaban J connectivity index is 2.31. The molecular weight excluding hydrogens is 270 g/mol. The van der Waals surface area contributed by atoms with Crippen LogP contribution in [0.2, 0.25) is 0 Å². The fourth-order valence-electron chi connectivity index (χ4n) is 2.09. The van der Waals surface area contributed by atoms with Crippen molar-refractivity contribution < 1.29 is 4.74 Å². The number of ether oxygens (including phenoxy) is 1. The first kappa shape index (κ1) is 14.9. The van der Waals surface area contributed by atoms with Gasteiger partial charge in [0, 0.05) is 25.9 Å². The molecule has 0 radical (unpaired) electrons. The molecule has 0 atom stereocenters. The summed E-state index contributed by atoms with van der Waals surface area (Å²) >= 11 is 0. The van der Waals surface area contributed by atoms with Crippen LogP contribution in [0.5, 0.6) is 5.75 Å². The fraction of sp³-hybridized carbons (Fsp3) is 0.333. The molecule has 0 saturated carbocycles. The molecule has 0 saturated heterocycles. The van der Waals surface area contributed by atoms with Gasteiger partial charge >= 0.3 is 5.69 Å². The monoisotopic (exact) mass is 289 g/mol. The van der Waals surface area contributed by atoms with E-state index in [1.54, 1.807) is 14.2 Å². The van der Waals surface area contributed by atoms with Gasteiger partial charge in [-0.1, -0.05) is 6.07 Å². The summed E-state index contributed by atoms with van der Waals surface area (Å²) < 4.78 is 7.82. The van der Waals surface area contributed by atoms with Crippen LogP contribution in [0.25, 0.3) is 0 Å². The van der Waals surface area contributed by atoms with Crippen LogP contribution in [0.15, 0.2) is 33.9 Å². The van der Waals surface area contributed by atoms with Crippen molar-refractivity contribution in [1.29, 1.82) is 0 Å². The van der Waals surface area contributed by atoms with Gasteiger partial charge in [0.2, 0.25) is 0 Å². The van der Waals surface area contributed by atoms with Gasteiger partial charge in [0.15, 0.2) is 0 Å². The minimum Gasteiger partial charge on any atom is -0.495 e. The third-order valence-electron chi connectivity index (χ3n) is 3.44. The molecule has 6 heteroatoms. The average molecular weight is 289 g/mol. The SMILES string of the molecule is COc1ccc(C)cc1NCc1cc(=O)n(C)c(=O)n1C. The van der Waals surface area contributed by atoms with Crippen molar-refractivity contribution in [1.82, 2.24) is 9.13 Å². The van der Waals surface area contributed by atoms with E-state index in [0.717, 1.165) is 21.6 Å². The molecule has 1 N–H and O–H groups in total. The second kappa shape index (κ2) is 5.87. The highest BCUT2D eigenvalue weighted by molar-refractivity contribution is 5.58. The second-order valence-electron chi connectivity index (χ2n) is 4.93. The zero-order valence-corrected chi connectivity index (χ0v) is 12.6. The molecule has 0 aliphatic rings. The molecule has 0 amide bonds. The fourth-order valence-corrected chi connectivity index (χ4v) is 2.09. The summed E-state index contributed by atoms with van der Waals surface area (Å²) in [6, 6.07) is 7.24. The van der Waals surface area contributed by atoms with Crippen molar-refractivity contribution in [3.05, 3.63) is 56.4 Å². The molecule has 1 heterocycles. The number of hydrogen-bond acceptors (Lipinski definition) is 4. The van der Waals surface area contributed by atoms with Crippen molar-refractivity contribution in [3.8, 4) is 5.75 Å². The smallest absolute Gasteiger partial charge is 0.330 e. The zero-order chi connectivity index (χ0) is 15.6. The number of aromatic nitrogens is 2. The number of rotatable bonds is 4. The topological polar surface area (TPSA) is 65.3 Å². The average Bonchev–Trinajstić information content (AvgIpc) is 2.47. The molecule has 6 nitrogen and oxygen atoms in total. The van der Waals surface area contributed by atoms with Gasteiger partial charge in [0.1, 0.15) is 5.75 Å². The molecule has 0 bridgehead atoms. The van der Waals surface area contributed by atoms with Gasteiger partial charge in [-0.15, -0.1) is 0 Å². The highest BCUT2D eigenvalue weighted by Gasteiger charge is 2.07. The minimum atomic E-state index is -0.337. The van der Waals surface area contributed by atoms with Crippen molar-refractivity contribution in [2.75, 3.05) is 12.4 Å². The lowest BCUT2D eigenvalue weighted by Gasteiger charge is -2.14. The van der Waals surface area contributed by atoms with E-state index >= 15 is 0 Å². The van der Waals surface area contributed by atoms with E-state index < -0.39 is 0 Å². The van der Waals surface area contributed by atoms with Crippen LogP contribution < -0.4 is 21.3 Å². The minimum absolute atomic E-state index is 0.314. The van der Waals surface area contributed by atoms with E-state index in [-0.39, 0.29) is 11.2 Å². The van der Waals surface area contributed by atoms with Crippen molar-refractivity contribution >= 4 is 5.69 Å². The zero-order valence-electron chi connectivity index (χ0n) is 12.6. The summed E-state index contributed by atoms with van der Waals surface area (Å²) in [6.45, 7) is 2.35. The highest BCUT2D eigenvalue weighted by Crippen LogP contribution is 2.25. The van der Waals surface area contributed by atoms with Crippen molar-refractivity contribution in [2.45, 2.75) is 13.5 Å². The molecule has 1 aromatic heterocycles. The Morgan fingerprint density at radius 3 is 2.52 bits per heavy atom. The molecule has 0 unspecified atom stereocenters. The molecular formula is C15H19N3O3. The molecule has 112 valence electrons. The third-order valence-corrected chi connectivity index (χ3v) is 3.44. The van der Waals surface area contributed by atoms with E-state index in [4.69, 9.17) is 4.74 Å². The van der Waals surface area contributed by atoms with Gasteiger partial charge in [0.25, 0.3) is 5.56 Å². The molecule has 0 fully saturated rings. The largest absolute Gasteiger partial charge is 0.495 e. The third kappa shape index (κ3) is 2.99. The molecule has 0 aliphatic carbocycles. The summed E-state index contributed by atoms with van der Waals surface area (Å²) in [6.07, 6.45) is 0. The number of hydrogen-bond donors (Lipinski definition) is 1. The van der Waals surface area contributed by atoms with Crippen molar-refractivity contribution in [2.24, 2.45) is 14.1 Å². The van der Waals surface area contributed by atoms with Crippen LogP contribution in [-0.2, 0) is 20.6 Å². The van der Waals surface area contributed by atoms with E-state index in [2.05, 4.69) is 5.32 Å². The van der Waals surface area contributed by atoms with Crippen molar-refractivity contribution in [3.63, 3.8) is 0 Å². The highest BCUT2D eigenvalue weighted by atomic mass is 16.5. The van der Waals surface area contributed by atoms with Crippen LogP contribution in [0.4, 0.5) is 5.69 Å². The Bertz CT molecular complexity index is 775. The summed E-state index contributed by atoms with van der Waals surface area (Å²) in [4.78, 5) is 23.6. The van der Waals surface area contributed by atoms with Gasteiger partial charge in [-0.2, -0.15) is 0 Å². The van der Waals surface area contributed by atoms with Crippen LogP contribution >= 0.6 is 0 Å². The molecule has 21 heavy (non-hydrogen) atoms. The quantitative estimate of drug-likeness (QED) is 0.912. The van der Waals surface area contributed by atoms with Crippen LogP contribution in [0.1, 0.15) is 11.3 Å². The summed E-state index contributed by atoms with van der Waals surface area (Å²) in [5.74, 6) is 0.717. The van der Waals surface area contributed by atoms with Gasteiger partial charge in [-0.25, -0.2) is 4.79 Å². The first-order chi connectivity index (χ1) is 9.93. The van der Waals surface area contributed by atoms with E-state index in [9.17, 15) is 9.59 Å². The van der Waals surface area contributed by atoms with Gasteiger partial charge < -0.3 is 10.1 Å². The maximum absolute atomic E-state index is 11.9. The van der Waals surface area contributed by atoms with Crippen LogP contribution in [0.3, 0.4) is 0 Å². The standard InChI is InChI=1S/C15H19N3O3/c1-10-5-6-13(21-4)12(7-10)16-9-11-8-14(19)18(3)15(20)17(11)2/h5-8,16H,9H2,1-4H3. The lowest BCUT2D eigenvalue weighted by Crippen LogP contribution is -2.38. The molecule has 1 aromatic carbocycles. The van der Waals surface area contributed by atoms with Crippen LogP contribution in [-0.4, -0.2) is 16.2 Å². The Labute approximate surface area is 122 Å². The predicted octanol–water partition coefficient (Wildman–Crippen LogP) is 1.01. The number of anilines is 1. The first-order valence-electron chi connectivity index (χ1n) is 6.58. The lowest BCUT2D eigenvalue weighted by molar-refractivity contribution is 0.416. The first-order valence-corrected chi connectivity index (χ1v) is 6.58. The Morgan fingerprint density at radius 2 is 1.86 bits per heavy atom. The Hall–Kier alpha value is -2.50. The number of nitrogens with zero attached hydrogens (tertiary/aromatic N) is 2. The summed E-state index contributed by atoms with van der Waals surface area (Å²) in [5.41, 5.74) is 1.88. The maximum atomic E-state index is 11.9. The Morgan fingerprint density at radius 1 is 1.14 bits per heavy atom. The number of methoxy groups -OCH3 is 1. The second-order valence-corrected chi connectivity index (χ2v) is 4.93. The Kier molecular flexibility index (Phi) is 4.16. The maximum Gasteiger partial charge on any atom is 0.330 e. The lowest BCUT2D eigenvalue weighted by atomic mass is 10.2. The number of benzene rings is 1. The van der Waals surface area contributed by atoms with E-state index in [1.165, 1.54) is 17.7 Å². The van der Waals surface area contributed by atoms with E-state index in [1.807, 2.05) is 25.1 Å². The summed E-state index contributed by atoms with van der Waals surface area (Å²) in [5, 5.41) is 3.20. The molecule has 2 rings (SSSR count).